The first-order valence-electron chi connectivity index (χ1n) is 10.7. The largest absolute Gasteiger partial charge is 0.508 e. The summed E-state index contributed by atoms with van der Waals surface area (Å²) in [7, 11) is 0. The van der Waals surface area contributed by atoms with E-state index < -0.39 is 6.10 Å². The molecule has 0 fully saturated rings. The zero-order chi connectivity index (χ0) is 23.8. The average Bonchev–Trinajstić information content (AvgIpc) is 2.76. The summed E-state index contributed by atoms with van der Waals surface area (Å²) < 4.78 is 0. The number of nitrogens with zero attached hydrogens (tertiary/aromatic N) is 1. The number of nitrogens with one attached hydrogen (secondary N) is 2. The Morgan fingerprint density at radius 2 is 1.91 bits per heavy atom. The van der Waals surface area contributed by atoms with Crippen molar-refractivity contribution in [2.75, 3.05) is 12.3 Å². The van der Waals surface area contributed by atoms with Crippen LogP contribution in [0.5, 0.6) is 5.75 Å². The van der Waals surface area contributed by atoms with Crippen LogP contribution in [-0.2, 0) is 24.2 Å². The van der Waals surface area contributed by atoms with Gasteiger partial charge < -0.3 is 26.6 Å². The van der Waals surface area contributed by atoms with Gasteiger partial charge in [0.15, 0.2) is 0 Å². The maximum absolute atomic E-state index is 12.4. The number of carbonyl (C=O) groups is 1. The van der Waals surface area contributed by atoms with E-state index >= 15 is 0 Å². The van der Waals surface area contributed by atoms with Crippen molar-refractivity contribution in [2.24, 2.45) is 0 Å². The van der Waals surface area contributed by atoms with Gasteiger partial charge in [-0.2, -0.15) is 0 Å². The molecule has 0 spiro atoms. The molecule has 3 aromatic rings. The van der Waals surface area contributed by atoms with Gasteiger partial charge in [0.1, 0.15) is 11.6 Å². The molecule has 0 aliphatic carbocycles. The highest BCUT2D eigenvalue weighted by molar-refractivity contribution is 6.30. The molecule has 174 valence electrons. The van der Waals surface area contributed by atoms with Crippen molar-refractivity contribution >= 4 is 23.3 Å². The molecular formula is C25H29ClN4O3. The van der Waals surface area contributed by atoms with Crippen LogP contribution in [0.3, 0.4) is 0 Å². The lowest BCUT2D eigenvalue weighted by Gasteiger charge is -2.18. The van der Waals surface area contributed by atoms with E-state index in [9.17, 15) is 15.0 Å². The number of benzene rings is 2. The van der Waals surface area contributed by atoms with E-state index in [1.54, 1.807) is 30.5 Å². The molecule has 0 aliphatic heterocycles. The van der Waals surface area contributed by atoms with Gasteiger partial charge >= 0.3 is 0 Å². The van der Waals surface area contributed by atoms with Crippen molar-refractivity contribution in [2.45, 2.75) is 38.5 Å². The van der Waals surface area contributed by atoms with Gasteiger partial charge in [0.25, 0.3) is 0 Å². The summed E-state index contributed by atoms with van der Waals surface area (Å²) in [5.74, 6) is 0.377. The summed E-state index contributed by atoms with van der Waals surface area (Å²) in [6, 6.07) is 16.2. The minimum Gasteiger partial charge on any atom is -0.508 e. The van der Waals surface area contributed by atoms with Crippen LogP contribution in [0.1, 0.15) is 35.3 Å². The third-order valence-corrected chi connectivity index (χ3v) is 5.40. The summed E-state index contributed by atoms with van der Waals surface area (Å²) >= 11 is 5.93. The number of amides is 1. The number of aromatic nitrogens is 1. The molecule has 1 amide bonds. The summed E-state index contributed by atoms with van der Waals surface area (Å²) in [5.41, 5.74) is 9.05. The first-order chi connectivity index (χ1) is 15.8. The number of phenolic OH excluding ortho intramolecular Hbond substituents is 1. The van der Waals surface area contributed by atoms with Crippen molar-refractivity contribution in [3.8, 4) is 5.75 Å². The van der Waals surface area contributed by atoms with E-state index in [-0.39, 0.29) is 24.1 Å². The van der Waals surface area contributed by atoms with Crippen LogP contribution in [0.25, 0.3) is 0 Å². The fourth-order valence-corrected chi connectivity index (χ4v) is 3.77. The number of aliphatic hydroxyl groups excluding tert-OH is 1. The van der Waals surface area contributed by atoms with E-state index in [2.05, 4.69) is 15.6 Å². The minimum absolute atomic E-state index is 0.0693. The lowest BCUT2D eigenvalue weighted by atomic mass is 10.0. The summed E-state index contributed by atoms with van der Waals surface area (Å²) in [4.78, 5) is 16.4. The second kappa shape index (κ2) is 11.7. The molecular weight excluding hydrogens is 440 g/mol. The Bertz CT molecular complexity index is 1060. The van der Waals surface area contributed by atoms with Gasteiger partial charge in [-0.1, -0.05) is 41.9 Å². The Balaban J connectivity index is 1.47. The molecule has 1 aromatic heterocycles. The summed E-state index contributed by atoms with van der Waals surface area (Å²) in [6.45, 7) is 2.74. The standard InChI is InChI=1S/C25H29ClN4O3/c1-16(28-15-23(32)20-5-6-24(27)29-14-20)7-17-3-2-4-18(8-17)11-25(33)30-13-19-9-21(26)12-22(31)10-19/h2-6,8-10,12,14,16,23,28,31-32H,7,11,13,15H2,1H3,(H2,27,29)(H,30,33)/t16-,23+/m1/s1. The number of aliphatic hydroxyl groups is 1. The number of aromatic hydroxyl groups is 1. The Labute approximate surface area is 198 Å². The summed E-state index contributed by atoms with van der Waals surface area (Å²) in [6.07, 6.45) is 1.92. The fourth-order valence-electron chi connectivity index (χ4n) is 3.52. The molecule has 33 heavy (non-hydrogen) atoms. The fraction of sp³-hybridized carbons (Fsp3) is 0.280. The van der Waals surface area contributed by atoms with Gasteiger partial charge in [0.2, 0.25) is 5.91 Å². The summed E-state index contributed by atoms with van der Waals surface area (Å²) in [5, 5.41) is 26.5. The number of rotatable bonds is 10. The first-order valence-corrected chi connectivity index (χ1v) is 11.1. The van der Waals surface area contributed by atoms with Gasteiger partial charge in [-0.15, -0.1) is 0 Å². The van der Waals surface area contributed by atoms with Gasteiger partial charge in [-0.05, 0) is 54.3 Å². The number of hydrogen-bond acceptors (Lipinski definition) is 6. The molecule has 7 nitrogen and oxygen atoms in total. The topological polar surface area (TPSA) is 120 Å². The predicted molar refractivity (Wildman–Crippen MR) is 130 cm³/mol. The lowest BCUT2D eigenvalue weighted by Crippen LogP contribution is -2.32. The van der Waals surface area contributed by atoms with Gasteiger partial charge in [-0.25, -0.2) is 4.98 Å². The number of phenols is 1. The molecule has 0 saturated heterocycles. The maximum Gasteiger partial charge on any atom is 0.224 e. The molecule has 0 bridgehead atoms. The molecule has 0 aliphatic rings. The van der Waals surface area contributed by atoms with Crippen LogP contribution in [0, 0.1) is 0 Å². The van der Waals surface area contributed by atoms with E-state index in [4.69, 9.17) is 17.3 Å². The van der Waals surface area contributed by atoms with Gasteiger partial charge in [0.05, 0.1) is 12.5 Å². The van der Waals surface area contributed by atoms with Crippen LogP contribution < -0.4 is 16.4 Å². The number of pyridine rings is 1. The van der Waals surface area contributed by atoms with Crippen molar-refractivity contribution < 1.29 is 15.0 Å². The maximum atomic E-state index is 12.4. The van der Waals surface area contributed by atoms with Crippen LogP contribution in [0.15, 0.2) is 60.8 Å². The third kappa shape index (κ3) is 8.05. The normalized spacial score (nSPS) is 12.8. The number of carbonyl (C=O) groups excluding carboxylic acids is 1. The molecule has 0 unspecified atom stereocenters. The second-order valence-electron chi connectivity index (χ2n) is 8.14. The van der Waals surface area contributed by atoms with Crippen LogP contribution in [0.2, 0.25) is 5.02 Å². The van der Waals surface area contributed by atoms with Crippen molar-refractivity contribution in [1.29, 1.82) is 0 Å². The predicted octanol–water partition coefficient (Wildman–Crippen LogP) is 3.14. The highest BCUT2D eigenvalue weighted by Crippen LogP contribution is 2.19. The highest BCUT2D eigenvalue weighted by Gasteiger charge is 2.11. The van der Waals surface area contributed by atoms with Crippen molar-refractivity contribution in [1.82, 2.24) is 15.6 Å². The Morgan fingerprint density at radius 3 is 2.64 bits per heavy atom. The second-order valence-corrected chi connectivity index (χ2v) is 8.57. The zero-order valence-electron chi connectivity index (χ0n) is 18.5. The number of nitrogen functional groups attached to an aromatic ring is 1. The van der Waals surface area contributed by atoms with E-state index in [0.29, 0.717) is 29.5 Å². The Morgan fingerprint density at radius 1 is 1.12 bits per heavy atom. The van der Waals surface area contributed by atoms with Gasteiger partial charge in [0, 0.05) is 35.9 Å². The molecule has 3 rings (SSSR count). The molecule has 8 heteroatoms. The van der Waals surface area contributed by atoms with Crippen molar-refractivity contribution in [3.05, 3.63) is 88.1 Å². The Hall–Kier alpha value is -3.13. The molecule has 2 aromatic carbocycles. The van der Waals surface area contributed by atoms with Crippen LogP contribution in [0.4, 0.5) is 5.82 Å². The number of anilines is 1. The molecule has 0 radical (unpaired) electrons. The van der Waals surface area contributed by atoms with Crippen LogP contribution >= 0.6 is 11.6 Å². The van der Waals surface area contributed by atoms with E-state index in [1.165, 1.54) is 6.07 Å². The van der Waals surface area contributed by atoms with E-state index in [0.717, 1.165) is 23.1 Å². The number of hydrogen-bond donors (Lipinski definition) is 5. The smallest absolute Gasteiger partial charge is 0.224 e. The molecule has 0 saturated carbocycles. The van der Waals surface area contributed by atoms with Crippen molar-refractivity contribution in [3.63, 3.8) is 0 Å². The van der Waals surface area contributed by atoms with Gasteiger partial charge in [-0.3, -0.25) is 4.79 Å². The average molecular weight is 469 g/mol. The molecule has 2 atom stereocenters. The molecule has 1 heterocycles. The quantitative estimate of drug-likeness (QED) is 0.312. The minimum atomic E-state index is -0.669. The number of halogens is 1. The third-order valence-electron chi connectivity index (χ3n) is 5.18. The Kier molecular flexibility index (Phi) is 8.65. The zero-order valence-corrected chi connectivity index (χ0v) is 19.2. The first kappa shape index (κ1) is 24.5. The highest BCUT2D eigenvalue weighted by atomic mass is 35.5. The number of nitrogens with two attached hydrogens (primary N) is 1. The van der Waals surface area contributed by atoms with Crippen LogP contribution in [-0.4, -0.2) is 33.7 Å². The monoisotopic (exact) mass is 468 g/mol. The molecule has 6 N–H and O–H groups in total. The SMILES string of the molecule is C[C@H](Cc1cccc(CC(=O)NCc2cc(O)cc(Cl)c2)c1)NC[C@H](O)c1ccc(N)nc1. The van der Waals surface area contributed by atoms with E-state index in [1.807, 2.05) is 31.2 Å². The lowest BCUT2D eigenvalue weighted by molar-refractivity contribution is -0.120.